The predicted molar refractivity (Wildman–Crippen MR) is 184 cm³/mol. The van der Waals surface area contributed by atoms with Gasteiger partial charge in [-0.1, -0.05) is 0 Å². The van der Waals surface area contributed by atoms with Crippen molar-refractivity contribution in [3.63, 3.8) is 0 Å². The third kappa shape index (κ3) is 5.29. The Hall–Kier alpha value is -1.27. The number of allylic oxidation sites excluding steroid dienone is 8. The van der Waals surface area contributed by atoms with E-state index >= 15 is 0 Å². The van der Waals surface area contributed by atoms with Gasteiger partial charge in [-0.15, -0.1) is 0 Å². The van der Waals surface area contributed by atoms with Crippen molar-refractivity contribution in [1.29, 1.82) is 0 Å². The molecule has 5 aliphatic rings. The average Bonchev–Trinajstić information content (AvgIpc) is 3.57. The smallest absolute Gasteiger partial charge is 1.00 e. The summed E-state index contributed by atoms with van der Waals surface area (Å²) in [5.41, 5.74) is 19.0. The minimum absolute atomic E-state index is 0. The van der Waals surface area contributed by atoms with Crippen molar-refractivity contribution in [2.45, 2.75) is 126 Å². The molecule has 2 aromatic rings. The minimum Gasteiger partial charge on any atom is -1.00 e. The van der Waals surface area contributed by atoms with Crippen molar-refractivity contribution in [3.05, 3.63) is 87.5 Å². The van der Waals surface area contributed by atoms with Crippen LogP contribution in [0.2, 0.25) is 0 Å². The Kier molecular flexibility index (Phi) is 9.12. The molecule has 2 aromatic carbocycles. The summed E-state index contributed by atoms with van der Waals surface area (Å²) in [5, 5.41) is 0. The van der Waals surface area contributed by atoms with Crippen molar-refractivity contribution in [1.82, 2.24) is 0 Å². The maximum Gasteiger partial charge on any atom is -1.00 e. The molecule has 0 spiro atoms. The maximum atomic E-state index is 2.66. The Morgan fingerprint density at radius 1 is 0.733 bits per heavy atom. The summed E-state index contributed by atoms with van der Waals surface area (Å²) in [6, 6.07) is 10.4. The fourth-order valence-electron chi connectivity index (χ4n) is 9.81. The summed E-state index contributed by atoms with van der Waals surface area (Å²) < 4.78 is 5.80. The van der Waals surface area contributed by atoms with Crippen LogP contribution in [-0.4, -0.2) is 3.21 Å². The van der Waals surface area contributed by atoms with E-state index in [9.17, 15) is 0 Å². The summed E-state index contributed by atoms with van der Waals surface area (Å²) in [4.78, 5) is 0. The van der Waals surface area contributed by atoms with Gasteiger partial charge in [-0.2, -0.15) is 0 Å². The second kappa shape index (κ2) is 11.7. The number of halogens is 2. The average molecular weight is 719 g/mol. The van der Waals surface area contributed by atoms with E-state index in [1.165, 1.54) is 65.5 Å². The van der Waals surface area contributed by atoms with Gasteiger partial charge in [0.1, 0.15) is 0 Å². The van der Waals surface area contributed by atoms with E-state index in [1.54, 1.807) is 33.4 Å². The van der Waals surface area contributed by atoms with Crippen LogP contribution in [0, 0.1) is 11.3 Å². The van der Waals surface area contributed by atoms with Gasteiger partial charge in [-0.05, 0) is 0 Å². The van der Waals surface area contributed by atoms with E-state index in [0.717, 1.165) is 6.42 Å². The third-order valence-corrected chi connectivity index (χ3v) is 21.8. The Labute approximate surface area is 293 Å². The van der Waals surface area contributed by atoms with Crippen LogP contribution in [0.1, 0.15) is 142 Å². The van der Waals surface area contributed by atoms with Crippen molar-refractivity contribution in [3.8, 4) is 11.1 Å². The van der Waals surface area contributed by atoms with Gasteiger partial charge in [-0.3, -0.25) is 0 Å². The fraction of sp³-hybridized carbons (Fsp3) is 0.500. The molecule has 3 heteroatoms. The Morgan fingerprint density at radius 3 is 1.89 bits per heavy atom. The third-order valence-electron chi connectivity index (χ3n) is 11.7. The molecule has 238 valence electrons. The van der Waals surface area contributed by atoms with Gasteiger partial charge in [0.15, 0.2) is 0 Å². The van der Waals surface area contributed by atoms with Crippen molar-refractivity contribution >= 4 is 14.4 Å². The van der Waals surface area contributed by atoms with Crippen LogP contribution in [0.5, 0.6) is 0 Å². The second-order valence-corrected chi connectivity index (χ2v) is 22.8. The molecule has 0 heterocycles. The van der Waals surface area contributed by atoms with Crippen molar-refractivity contribution < 1.29 is 46.1 Å². The normalized spacial score (nSPS) is 22.1. The van der Waals surface area contributed by atoms with Crippen LogP contribution < -0.4 is 24.8 Å². The molecule has 0 bridgehead atoms. The first-order valence-corrected chi connectivity index (χ1v) is 20.7. The molecule has 0 nitrogen and oxygen atoms in total. The van der Waals surface area contributed by atoms with Crippen LogP contribution in [0.25, 0.3) is 22.3 Å². The maximum absolute atomic E-state index is 2.66. The van der Waals surface area contributed by atoms with Crippen molar-refractivity contribution in [2.24, 2.45) is 11.3 Å². The monoisotopic (exact) mass is 716 g/mol. The molecule has 0 amide bonds. The molecule has 0 N–H and O–H groups in total. The zero-order chi connectivity index (χ0) is 30.8. The number of hydrogen-bond acceptors (Lipinski definition) is 0. The zero-order valence-electron chi connectivity index (χ0n) is 29.5. The van der Waals surface area contributed by atoms with Gasteiger partial charge in [0.05, 0.1) is 0 Å². The van der Waals surface area contributed by atoms with Gasteiger partial charge in [0.25, 0.3) is 0 Å². The summed E-state index contributed by atoms with van der Waals surface area (Å²) in [5.74, 6) is 0.581. The van der Waals surface area contributed by atoms with Gasteiger partial charge in [0, 0.05) is 0 Å². The van der Waals surface area contributed by atoms with Crippen LogP contribution in [0.3, 0.4) is 0 Å². The molecular weight excluding hydrogens is 667 g/mol. The number of hydrogen-bond donors (Lipinski definition) is 0. The first-order valence-electron chi connectivity index (χ1n) is 17.0. The van der Waals surface area contributed by atoms with E-state index in [1.807, 2.05) is 9.77 Å². The van der Waals surface area contributed by atoms with E-state index in [2.05, 4.69) is 113 Å². The summed E-state index contributed by atoms with van der Waals surface area (Å²) in [6.07, 6.45) is 13.2. The fourth-order valence-corrected chi connectivity index (χ4v) is 20.1. The molecule has 0 aromatic heterocycles. The zero-order valence-corrected chi connectivity index (χ0v) is 33.5. The molecule has 0 saturated heterocycles. The number of fused-ring (bicyclic) bond motifs is 5. The van der Waals surface area contributed by atoms with E-state index < -0.39 is 21.3 Å². The Balaban J connectivity index is 0.00000200. The number of benzene rings is 2. The standard InChI is InChI=1S/C25H25.C11H17.C6H10.2ClH.Zr/c1-14-12-24(3,4)22-8-16-7-17-9-23-19(15(2)13-25(23,5)6)11-21(17)20(16)10-18(14)22;1-8-6-9(2)10(7-8)11(3,4)5;1-2-4-6-5-3-1;;;/h8-12H,7H2,1-6H3;7-8H,1-5H3;1-5H2;2*1H;/q;;;;;+2/p-2. The van der Waals surface area contributed by atoms with E-state index in [4.69, 9.17) is 0 Å². The van der Waals surface area contributed by atoms with Gasteiger partial charge in [0.2, 0.25) is 0 Å². The predicted octanol–water partition coefficient (Wildman–Crippen LogP) is 5.63. The van der Waals surface area contributed by atoms with Crippen LogP contribution >= 0.6 is 0 Å². The summed E-state index contributed by atoms with van der Waals surface area (Å²) in [6.45, 7) is 27.0. The van der Waals surface area contributed by atoms with Gasteiger partial charge >= 0.3 is 271 Å². The quantitative estimate of drug-likeness (QED) is 0.323. The molecule has 0 aliphatic heterocycles. The second-order valence-electron chi connectivity index (χ2n) is 16.7. The first kappa shape index (κ1) is 35.1. The van der Waals surface area contributed by atoms with Gasteiger partial charge in [-0.25, -0.2) is 0 Å². The van der Waals surface area contributed by atoms with Crippen LogP contribution in [-0.2, 0) is 38.5 Å². The molecule has 1 fully saturated rings. The Morgan fingerprint density at radius 2 is 1.31 bits per heavy atom. The molecule has 1 atom stereocenters. The summed E-state index contributed by atoms with van der Waals surface area (Å²) in [7, 11) is 0. The SMILES string of the molecule is CC1=CC(C)(C)c2cc3c(cc21)-c1cc2c(cc1C3)C(C)(C)[C]([Zr+2]([C]1=C(C)C(C(C)(C)C)=CC1C)=[C]1CCCCC1)=C2C.[Cl-].[Cl-]. The van der Waals surface area contributed by atoms with Gasteiger partial charge < -0.3 is 24.8 Å². The Bertz CT molecular complexity index is 1770. The molecule has 0 radical (unpaired) electrons. The molecule has 1 saturated carbocycles. The largest absolute Gasteiger partial charge is 1.00 e. The first-order chi connectivity index (χ1) is 20.1. The molecule has 7 rings (SSSR count). The topological polar surface area (TPSA) is 0 Å². The number of rotatable bonds is 2. The molecular formula is C42H52Cl2Zr. The van der Waals surface area contributed by atoms with E-state index in [-0.39, 0.29) is 41.1 Å². The molecule has 5 aliphatic carbocycles. The summed E-state index contributed by atoms with van der Waals surface area (Å²) >= 11 is -2.35. The van der Waals surface area contributed by atoms with Crippen molar-refractivity contribution in [2.75, 3.05) is 0 Å². The van der Waals surface area contributed by atoms with Crippen LogP contribution in [0.4, 0.5) is 0 Å². The van der Waals surface area contributed by atoms with Crippen LogP contribution in [0.15, 0.2) is 54.1 Å². The minimum atomic E-state index is -2.35. The van der Waals surface area contributed by atoms with E-state index in [0.29, 0.717) is 5.92 Å². The molecule has 1 unspecified atom stereocenters. The molecule has 45 heavy (non-hydrogen) atoms.